The van der Waals surface area contributed by atoms with E-state index in [-0.39, 0.29) is 5.91 Å². The molecule has 3 heterocycles. The molecule has 4 rings (SSSR count). The number of rotatable bonds is 6. The summed E-state index contributed by atoms with van der Waals surface area (Å²) in [5.74, 6) is -0.0829. The number of carbonyl (C=O) groups is 1. The maximum atomic E-state index is 12.7. The van der Waals surface area contributed by atoms with Crippen LogP contribution in [0, 0.1) is 0 Å². The summed E-state index contributed by atoms with van der Waals surface area (Å²) in [5.41, 5.74) is 3.46. The van der Waals surface area contributed by atoms with Crippen LogP contribution in [0.2, 0.25) is 0 Å². The molecule has 8 heteroatoms. The number of hydrogen-bond donors (Lipinski definition) is 0. The van der Waals surface area contributed by atoms with E-state index in [0.29, 0.717) is 35.7 Å². The summed E-state index contributed by atoms with van der Waals surface area (Å²) in [4.78, 5) is 23.1. The van der Waals surface area contributed by atoms with Gasteiger partial charge in [-0.1, -0.05) is 5.16 Å². The number of fused-ring (bicyclic) bond motifs is 1. The number of amides is 1. The van der Waals surface area contributed by atoms with Gasteiger partial charge in [0.1, 0.15) is 16.4 Å². The minimum absolute atomic E-state index is 0.0829. The molecule has 0 unspecified atom stereocenters. The van der Waals surface area contributed by atoms with Crippen molar-refractivity contribution in [3.63, 3.8) is 0 Å². The van der Waals surface area contributed by atoms with E-state index in [1.807, 2.05) is 17.5 Å². The Morgan fingerprint density at radius 1 is 1.32 bits per heavy atom. The number of hydrogen-bond acceptors (Lipinski definition) is 7. The van der Waals surface area contributed by atoms with E-state index in [1.165, 1.54) is 11.3 Å². The Bertz CT molecular complexity index is 1110. The van der Waals surface area contributed by atoms with Crippen LogP contribution in [0.4, 0.5) is 0 Å². The predicted molar refractivity (Wildman–Crippen MR) is 107 cm³/mol. The van der Waals surface area contributed by atoms with Crippen molar-refractivity contribution in [2.45, 2.75) is 0 Å². The Morgan fingerprint density at radius 3 is 3.00 bits per heavy atom. The Kier molecular flexibility index (Phi) is 5.14. The van der Waals surface area contributed by atoms with Crippen molar-refractivity contribution in [1.82, 2.24) is 20.0 Å². The Labute approximate surface area is 165 Å². The number of ether oxygens (including phenoxy) is 1. The molecule has 0 aliphatic rings. The molecule has 1 amide bonds. The van der Waals surface area contributed by atoms with E-state index >= 15 is 0 Å². The second-order valence-corrected chi connectivity index (χ2v) is 7.10. The van der Waals surface area contributed by atoms with Gasteiger partial charge in [-0.25, -0.2) is 4.98 Å². The first kappa shape index (κ1) is 18.3. The largest absolute Gasteiger partial charge is 0.383 e. The van der Waals surface area contributed by atoms with E-state index in [9.17, 15) is 4.79 Å². The second-order valence-electron chi connectivity index (χ2n) is 6.24. The molecule has 0 radical (unpaired) electrons. The number of nitrogens with zero attached hydrogens (tertiary/aromatic N) is 4. The Balaban J connectivity index is 1.67. The van der Waals surface area contributed by atoms with Crippen LogP contribution in [-0.4, -0.2) is 53.2 Å². The second kappa shape index (κ2) is 7.87. The first-order valence-corrected chi connectivity index (χ1v) is 9.55. The number of thiazole rings is 1. The summed E-state index contributed by atoms with van der Waals surface area (Å²) >= 11 is 1.51. The molecule has 0 spiro atoms. The highest BCUT2D eigenvalue weighted by molar-refractivity contribution is 7.13. The van der Waals surface area contributed by atoms with Crippen LogP contribution in [0.15, 0.2) is 52.6 Å². The molecule has 0 saturated carbocycles. The Hall–Kier alpha value is -3.10. The van der Waals surface area contributed by atoms with Gasteiger partial charge in [0.2, 0.25) is 0 Å². The summed E-state index contributed by atoms with van der Waals surface area (Å²) in [6, 6.07) is 9.14. The molecule has 0 saturated heterocycles. The monoisotopic (exact) mass is 394 g/mol. The fourth-order valence-corrected chi connectivity index (χ4v) is 3.61. The SMILES string of the molecule is COCCN(C)C(=O)c1ccc2onc(-c3csc(-c4cccnc4)n3)c2c1. The Morgan fingerprint density at radius 2 is 2.21 bits per heavy atom. The number of methoxy groups -OCH3 is 1. The quantitative estimate of drug-likeness (QED) is 0.496. The van der Waals surface area contributed by atoms with Crippen molar-refractivity contribution in [3.05, 3.63) is 53.7 Å². The van der Waals surface area contributed by atoms with Crippen molar-refractivity contribution in [2.24, 2.45) is 0 Å². The molecular formula is C20H18N4O3S. The van der Waals surface area contributed by atoms with Crippen LogP contribution in [0.1, 0.15) is 10.4 Å². The third kappa shape index (κ3) is 3.51. The third-order valence-electron chi connectivity index (χ3n) is 4.35. The van der Waals surface area contributed by atoms with Crippen molar-refractivity contribution in [2.75, 3.05) is 27.3 Å². The maximum absolute atomic E-state index is 12.7. The number of pyridine rings is 1. The van der Waals surface area contributed by atoms with Gasteiger partial charge in [-0.3, -0.25) is 9.78 Å². The fraction of sp³-hybridized carbons (Fsp3) is 0.200. The summed E-state index contributed by atoms with van der Waals surface area (Å²) in [5, 5.41) is 7.72. The van der Waals surface area contributed by atoms with Gasteiger partial charge in [0.25, 0.3) is 5.91 Å². The van der Waals surface area contributed by atoms with Crippen LogP contribution in [0.5, 0.6) is 0 Å². The summed E-state index contributed by atoms with van der Waals surface area (Å²) in [6.45, 7) is 1.00. The molecule has 0 N–H and O–H groups in total. The average Bonchev–Trinajstić information content (AvgIpc) is 3.38. The van der Waals surface area contributed by atoms with Crippen molar-refractivity contribution < 1.29 is 14.1 Å². The zero-order chi connectivity index (χ0) is 19.5. The minimum atomic E-state index is -0.0829. The van der Waals surface area contributed by atoms with Crippen LogP contribution in [0.3, 0.4) is 0 Å². The van der Waals surface area contributed by atoms with Crippen LogP contribution in [0.25, 0.3) is 32.9 Å². The van der Waals surface area contributed by atoms with Crippen LogP contribution >= 0.6 is 11.3 Å². The molecule has 3 aromatic heterocycles. The molecule has 0 aliphatic carbocycles. The molecular weight excluding hydrogens is 376 g/mol. The predicted octanol–water partition coefficient (Wildman–Crippen LogP) is 3.73. The van der Waals surface area contributed by atoms with Crippen LogP contribution < -0.4 is 0 Å². The number of likely N-dealkylation sites (N-methyl/N-ethyl adjacent to an activating group) is 1. The molecule has 7 nitrogen and oxygen atoms in total. The standard InChI is InChI=1S/C20H18N4O3S/c1-24(8-9-26-2)20(25)13-5-6-17-15(10-13)18(23-27-17)16-12-28-19(22-16)14-4-3-7-21-11-14/h3-7,10-12H,8-9H2,1-2H3. The van der Waals surface area contributed by atoms with Gasteiger partial charge in [-0.15, -0.1) is 11.3 Å². The lowest BCUT2D eigenvalue weighted by atomic mass is 10.1. The summed E-state index contributed by atoms with van der Waals surface area (Å²) < 4.78 is 10.5. The van der Waals surface area contributed by atoms with Gasteiger partial charge in [0.15, 0.2) is 5.58 Å². The minimum Gasteiger partial charge on any atom is -0.383 e. The molecule has 0 fully saturated rings. The average molecular weight is 394 g/mol. The number of carbonyl (C=O) groups excluding carboxylic acids is 1. The van der Waals surface area contributed by atoms with Gasteiger partial charge in [-0.05, 0) is 30.3 Å². The highest BCUT2D eigenvalue weighted by Gasteiger charge is 2.18. The molecule has 0 bridgehead atoms. The number of benzene rings is 1. The highest BCUT2D eigenvalue weighted by atomic mass is 32.1. The van der Waals surface area contributed by atoms with Crippen molar-refractivity contribution in [1.29, 1.82) is 0 Å². The molecule has 28 heavy (non-hydrogen) atoms. The van der Waals surface area contributed by atoms with Gasteiger partial charge >= 0.3 is 0 Å². The molecule has 0 atom stereocenters. The van der Waals surface area contributed by atoms with E-state index in [4.69, 9.17) is 9.26 Å². The summed E-state index contributed by atoms with van der Waals surface area (Å²) in [6.07, 6.45) is 3.50. The van der Waals surface area contributed by atoms with Gasteiger partial charge in [0, 0.05) is 49.6 Å². The lowest BCUT2D eigenvalue weighted by Gasteiger charge is -2.16. The summed E-state index contributed by atoms with van der Waals surface area (Å²) in [7, 11) is 3.36. The third-order valence-corrected chi connectivity index (χ3v) is 5.24. The number of aromatic nitrogens is 3. The molecule has 0 aliphatic heterocycles. The molecule has 142 valence electrons. The van der Waals surface area contributed by atoms with E-state index in [0.717, 1.165) is 16.0 Å². The van der Waals surface area contributed by atoms with Gasteiger partial charge < -0.3 is 14.2 Å². The fourth-order valence-electron chi connectivity index (χ4n) is 2.81. The lowest BCUT2D eigenvalue weighted by molar-refractivity contribution is 0.0744. The first-order valence-electron chi connectivity index (χ1n) is 8.67. The van der Waals surface area contributed by atoms with E-state index in [1.54, 1.807) is 49.7 Å². The smallest absolute Gasteiger partial charge is 0.253 e. The van der Waals surface area contributed by atoms with Crippen molar-refractivity contribution >= 4 is 28.2 Å². The highest BCUT2D eigenvalue weighted by Crippen LogP contribution is 2.32. The first-order chi connectivity index (χ1) is 13.7. The zero-order valence-corrected chi connectivity index (χ0v) is 16.3. The lowest BCUT2D eigenvalue weighted by Crippen LogP contribution is -2.29. The normalized spacial score (nSPS) is 11.1. The van der Waals surface area contributed by atoms with Crippen LogP contribution in [-0.2, 0) is 4.74 Å². The zero-order valence-electron chi connectivity index (χ0n) is 15.5. The van der Waals surface area contributed by atoms with Gasteiger partial charge in [-0.2, -0.15) is 0 Å². The van der Waals surface area contributed by atoms with E-state index < -0.39 is 0 Å². The van der Waals surface area contributed by atoms with Crippen molar-refractivity contribution in [3.8, 4) is 22.0 Å². The molecule has 1 aromatic carbocycles. The topological polar surface area (TPSA) is 81.4 Å². The van der Waals surface area contributed by atoms with E-state index in [2.05, 4.69) is 15.1 Å². The van der Waals surface area contributed by atoms with Gasteiger partial charge in [0.05, 0.1) is 12.0 Å². The molecule has 4 aromatic rings. The maximum Gasteiger partial charge on any atom is 0.253 e.